The van der Waals surface area contributed by atoms with E-state index in [9.17, 15) is 0 Å². The van der Waals surface area contributed by atoms with Crippen LogP contribution in [0.1, 0.15) is 11.6 Å². The maximum Gasteiger partial charge on any atom is 0.0601 e. The van der Waals surface area contributed by atoms with E-state index in [1.54, 1.807) is 6.20 Å². The third-order valence-corrected chi connectivity index (χ3v) is 1.84. The summed E-state index contributed by atoms with van der Waals surface area (Å²) >= 11 is 0. The lowest BCUT2D eigenvalue weighted by atomic mass is 10.1. The van der Waals surface area contributed by atoms with Crippen LogP contribution in [0.5, 0.6) is 0 Å². The van der Waals surface area contributed by atoms with Crippen molar-refractivity contribution in [2.45, 2.75) is 6.04 Å². The molecule has 1 heterocycles. The Morgan fingerprint density at radius 2 is 2.38 bits per heavy atom. The van der Waals surface area contributed by atoms with Gasteiger partial charge in [0.15, 0.2) is 0 Å². The highest BCUT2D eigenvalue weighted by Crippen LogP contribution is 2.09. The minimum atomic E-state index is 0.142. The zero-order valence-corrected chi connectivity index (χ0v) is 8.07. The number of pyridine rings is 1. The molecular formula is C9H16N4. The molecule has 0 radical (unpaired) electrons. The number of hydrogen-bond donors (Lipinski definition) is 2. The largest absolute Gasteiger partial charge is 0.307 e. The molecule has 4 nitrogen and oxygen atoms in total. The van der Waals surface area contributed by atoms with Crippen LogP contribution in [0, 0.1) is 0 Å². The molecule has 0 spiro atoms. The van der Waals surface area contributed by atoms with Crippen molar-refractivity contribution in [3.05, 3.63) is 30.1 Å². The van der Waals surface area contributed by atoms with Gasteiger partial charge in [0.2, 0.25) is 0 Å². The van der Waals surface area contributed by atoms with Crippen molar-refractivity contribution in [1.29, 1.82) is 0 Å². The molecule has 0 aromatic carbocycles. The van der Waals surface area contributed by atoms with E-state index < -0.39 is 0 Å². The van der Waals surface area contributed by atoms with Crippen LogP contribution in [0.15, 0.2) is 24.5 Å². The Hall–Kier alpha value is -0.970. The molecule has 0 saturated heterocycles. The topological polar surface area (TPSA) is 54.2 Å². The highest BCUT2D eigenvalue weighted by Gasteiger charge is 2.09. The molecule has 4 heteroatoms. The standard InChI is InChI=1S/C9H16N4/c1-13(2)7-9(12-10)8-4-3-5-11-6-8/h3-6,9,12H,7,10H2,1-2H3. The van der Waals surface area contributed by atoms with Crippen LogP contribution in [0.3, 0.4) is 0 Å². The molecule has 1 atom stereocenters. The van der Waals surface area contributed by atoms with Crippen LogP contribution in [0.4, 0.5) is 0 Å². The molecule has 1 aromatic heterocycles. The molecule has 1 rings (SSSR count). The predicted octanol–water partition coefficient (Wildman–Crippen LogP) is 0.148. The van der Waals surface area contributed by atoms with E-state index in [1.807, 2.05) is 32.4 Å². The first-order valence-corrected chi connectivity index (χ1v) is 4.25. The number of rotatable bonds is 4. The van der Waals surface area contributed by atoms with Gasteiger partial charge in [-0.1, -0.05) is 6.07 Å². The minimum absolute atomic E-state index is 0.142. The van der Waals surface area contributed by atoms with Gasteiger partial charge >= 0.3 is 0 Å². The number of nitrogens with two attached hydrogens (primary N) is 1. The SMILES string of the molecule is CN(C)CC(NN)c1cccnc1. The van der Waals surface area contributed by atoms with Gasteiger partial charge in [0.1, 0.15) is 0 Å². The van der Waals surface area contributed by atoms with E-state index in [4.69, 9.17) is 5.84 Å². The summed E-state index contributed by atoms with van der Waals surface area (Å²) in [6, 6.07) is 4.07. The van der Waals surface area contributed by atoms with Crippen molar-refractivity contribution in [2.75, 3.05) is 20.6 Å². The van der Waals surface area contributed by atoms with Gasteiger partial charge in [0.05, 0.1) is 6.04 Å². The number of aromatic nitrogens is 1. The number of hydrazine groups is 1. The molecule has 3 N–H and O–H groups in total. The summed E-state index contributed by atoms with van der Waals surface area (Å²) < 4.78 is 0. The van der Waals surface area contributed by atoms with Crippen molar-refractivity contribution < 1.29 is 0 Å². The quantitative estimate of drug-likeness (QED) is 0.511. The molecule has 0 amide bonds. The lowest BCUT2D eigenvalue weighted by Crippen LogP contribution is -2.35. The monoisotopic (exact) mass is 180 g/mol. The smallest absolute Gasteiger partial charge is 0.0601 e. The number of likely N-dealkylation sites (N-methyl/N-ethyl adjacent to an activating group) is 1. The van der Waals surface area contributed by atoms with Gasteiger partial charge in [-0.2, -0.15) is 0 Å². The molecule has 72 valence electrons. The van der Waals surface area contributed by atoms with Crippen molar-refractivity contribution in [1.82, 2.24) is 15.3 Å². The molecule has 0 aliphatic heterocycles. The molecule has 13 heavy (non-hydrogen) atoms. The number of nitrogens with one attached hydrogen (secondary N) is 1. The third kappa shape index (κ3) is 3.10. The van der Waals surface area contributed by atoms with E-state index in [-0.39, 0.29) is 6.04 Å². The summed E-state index contributed by atoms with van der Waals surface area (Å²) in [6.45, 7) is 0.863. The van der Waals surface area contributed by atoms with Gasteiger partial charge in [-0.15, -0.1) is 0 Å². The fourth-order valence-corrected chi connectivity index (χ4v) is 1.20. The van der Waals surface area contributed by atoms with Crippen molar-refractivity contribution in [2.24, 2.45) is 5.84 Å². The van der Waals surface area contributed by atoms with Crippen LogP contribution < -0.4 is 11.3 Å². The van der Waals surface area contributed by atoms with Gasteiger partial charge in [-0.3, -0.25) is 16.3 Å². The van der Waals surface area contributed by atoms with E-state index in [2.05, 4.69) is 15.3 Å². The van der Waals surface area contributed by atoms with Crippen LogP contribution >= 0.6 is 0 Å². The van der Waals surface area contributed by atoms with E-state index in [0.29, 0.717) is 0 Å². The Morgan fingerprint density at radius 1 is 1.62 bits per heavy atom. The molecule has 1 aromatic rings. The Balaban J connectivity index is 2.67. The Labute approximate surface area is 78.7 Å². The Morgan fingerprint density at radius 3 is 2.85 bits per heavy atom. The first-order valence-electron chi connectivity index (χ1n) is 4.25. The Bertz CT molecular complexity index is 235. The van der Waals surface area contributed by atoms with Crippen LogP contribution in [-0.2, 0) is 0 Å². The molecule has 0 aliphatic carbocycles. The second-order valence-corrected chi connectivity index (χ2v) is 3.27. The fourth-order valence-electron chi connectivity index (χ4n) is 1.20. The third-order valence-electron chi connectivity index (χ3n) is 1.84. The maximum atomic E-state index is 5.45. The van der Waals surface area contributed by atoms with Crippen molar-refractivity contribution >= 4 is 0 Å². The van der Waals surface area contributed by atoms with Crippen molar-refractivity contribution in [3.8, 4) is 0 Å². The van der Waals surface area contributed by atoms with Gasteiger partial charge in [-0.25, -0.2) is 0 Å². The van der Waals surface area contributed by atoms with Gasteiger partial charge in [0.25, 0.3) is 0 Å². The number of hydrogen-bond acceptors (Lipinski definition) is 4. The summed E-state index contributed by atoms with van der Waals surface area (Å²) in [5, 5.41) is 0. The second-order valence-electron chi connectivity index (χ2n) is 3.27. The number of nitrogens with zero attached hydrogens (tertiary/aromatic N) is 2. The summed E-state index contributed by atoms with van der Waals surface area (Å²) in [6.07, 6.45) is 3.58. The Kier molecular flexibility index (Phi) is 3.82. The predicted molar refractivity (Wildman–Crippen MR) is 52.9 cm³/mol. The van der Waals surface area contributed by atoms with Crippen LogP contribution in [0.2, 0.25) is 0 Å². The minimum Gasteiger partial charge on any atom is -0.307 e. The molecule has 0 bridgehead atoms. The maximum absolute atomic E-state index is 5.45. The highest BCUT2D eigenvalue weighted by molar-refractivity contribution is 5.13. The zero-order valence-electron chi connectivity index (χ0n) is 8.07. The summed E-state index contributed by atoms with van der Waals surface area (Å²) in [7, 11) is 4.03. The zero-order chi connectivity index (χ0) is 9.68. The fraction of sp³-hybridized carbons (Fsp3) is 0.444. The van der Waals surface area contributed by atoms with E-state index >= 15 is 0 Å². The average Bonchev–Trinajstić information content (AvgIpc) is 2.15. The van der Waals surface area contributed by atoms with E-state index in [0.717, 1.165) is 12.1 Å². The molecule has 1 unspecified atom stereocenters. The van der Waals surface area contributed by atoms with E-state index in [1.165, 1.54) is 0 Å². The van der Waals surface area contributed by atoms with Gasteiger partial charge in [0, 0.05) is 18.9 Å². The summed E-state index contributed by atoms with van der Waals surface area (Å²) in [5.74, 6) is 5.45. The first kappa shape index (κ1) is 10.1. The summed E-state index contributed by atoms with van der Waals surface area (Å²) in [4.78, 5) is 6.13. The van der Waals surface area contributed by atoms with Crippen LogP contribution in [-0.4, -0.2) is 30.5 Å². The highest BCUT2D eigenvalue weighted by atomic mass is 15.3. The van der Waals surface area contributed by atoms with Gasteiger partial charge in [-0.05, 0) is 25.7 Å². The van der Waals surface area contributed by atoms with Gasteiger partial charge < -0.3 is 4.90 Å². The molecule has 0 fully saturated rings. The normalized spacial score (nSPS) is 13.2. The molecular weight excluding hydrogens is 164 g/mol. The lowest BCUT2D eigenvalue weighted by Gasteiger charge is -2.19. The summed E-state index contributed by atoms with van der Waals surface area (Å²) in [5.41, 5.74) is 3.88. The molecule has 0 aliphatic rings. The second kappa shape index (κ2) is 4.91. The first-order chi connectivity index (χ1) is 6.24. The lowest BCUT2D eigenvalue weighted by molar-refractivity contribution is 0.344. The molecule has 0 saturated carbocycles. The van der Waals surface area contributed by atoms with Crippen LogP contribution in [0.25, 0.3) is 0 Å². The average molecular weight is 180 g/mol. The van der Waals surface area contributed by atoms with Crippen molar-refractivity contribution in [3.63, 3.8) is 0 Å².